The van der Waals surface area contributed by atoms with Crippen molar-refractivity contribution in [3.8, 4) is 11.5 Å². The number of pyridine rings is 1. The maximum absolute atomic E-state index is 12.2. The number of hydrogen-bond donors (Lipinski definition) is 2. The van der Waals surface area contributed by atoms with Crippen LogP contribution in [-0.4, -0.2) is 17.7 Å². The third-order valence-corrected chi connectivity index (χ3v) is 3.55. The van der Waals surface area contributed by atoms with Crippen LogP contribution in [0.5, 0.6) is 11.5 Å². The summed E-state index contributed by atoms with van der Waals surface area (Å²) in [6, 6.07) is 6.86. The Balaban J connectivity index is 1.74. The summed E-state index contributed by atoms with van der Waals surface area (Å²) in [5.74, 6) is 0.914. The molecule has 1 aliphatic rings. The topological polar surface area (TPSA) is 80.4 Å². The summed E-state index contributed by atoms with van der Waals surface area (Å²) in [6.45, 7) is 4.01. The van der Waals surface area contributed by atoms with Crippen molar-refractivity contribution in [2.24, 2.45) is 0 Å². The van der Waals surface area contributed by atoms with E-state index in [1.807, 2.05) is 19.9 Å². The Bertz CT molecular complexity index is 795. The van der Waals surface area contributed by atoms with E-state index in [0.717, 1.165) is 11.3 Å². The summed E-state index contributed by atoms with van der Waals surface area (Å²) >= 11 is 0. The van der Waals surface area contributed by atoms with Crippen LogP contribution in [0, 0.1) is 13.8 Å². The van der Waals surface area contributed by atoms with E-state index in [2.05, 4.69) is 10.3 Å². The Morgan fingerprint density at radius 3 is 2.77 bits per heavy atom. The highest BCUT2D eigenvalue weighted by atomic mass is 16.7. The highest BCUT2D eigenvalue weighted by Gasteiger charge is 2.16. The molecule has 0 bridgehead atoms. The van der Waals surface area contributed by atoms with Crippen molar-refractivity contribution in [3.05, 3.63) is 57.0 Å². The summed E-state index contributed by atoms with van der Waals surface area (Å²) < 4.78 is 10.5. The average Bonchev–Trinajstić information content (AvgIpc) is 2.93. The van der Waals surface area contributed by atoms with Gasteiger partial charge in [0, 0.05) is 23.4 Å². The molecule has 1 aliphatic heterocycles. The molecule has 114 valence electrons. The number of nitrogens with one attached hydrogen (secondary N) is 2. The molecule has 1 amide bonds. The third kappa shape index (κ3) is 2.67. The molecular formula is C16H16N2O4. The van der Waals surface area contributed by atoms with E-state index < -0.39 is 0 Å². The lowest BCUT2D eigenvalue weighted by Crippen LogP contribution is -2.27. The van der Waals surface area contributed by atoms with E-state index in [4.69, 9.17) is 9.47 Å². The van der Waals surface area contributed by atoms with E-state index in [0.29, 0.717) is 22.6 Å². The van der Waals surface area contributed by atoms with Gasteiger partial charge in [0.1, 0.15) is 0 Å². The van der Waals surface area contributed by atoms with E-state index in [9.17, 15) is 9.59 Å². The van der Waals surface area contributed by atoms with Crippen LogP contribution in [-0.2, 0) is 6.54 Å². The molecule has 0 unspecified atom stereocenters. The Hall–Kier alpha value is -2.76. The number of ether oxygens (including phenoxy) is 2. The van der Waals surface area contributed by atoms with Crippen molar-refractivity contribution in [3.63, 3.8) is 0 Å². The Morgan fingerprint density at radius 1 is 1.23 bits per heavy atom. The molecule has 0 spiro atoms. The molecule has 0 fully saturated rings. The zero-order chi connectivity index (χ0) is 15.7. The minimum atomic E-state index is -0.266. The highest BCUT2D eigenvalue weighted by molar-refractivity contribution is 5.94. The number of carbonyl (C=O) groups excluding carboxylic acids is 1. The number of rotatable bonds is 3. The number of carbonyl (C=O) groups is 1. The molecule has 0 radical (unpaired) electrons. The molecule has 2 N–H and O–H groups in total. The summed E-state index contributed by atoms with van der Waals surface area (Å²) in [4.78, 5) is 26.8. The number of fused-ring (bicyclic) bond motifs is 1. The molecule has 0 aliphatic carbocycles. The van der Waals surface area contributed by atoms with Gasteiger partial charge in [-0.15, -0.1) is 0 Å². The minimum absolute atomic E-state index is 0.165. The van der Waals surface area contributed by atoms with Gasteiger partial charge in [-0.25, -0.2) is 0 Å². The smallest absolute Gasteiger partial charge is 0.253 e. The second-order valence-electron chi connectivity index (χ2n) is 5.19. The quantitative estimate of drug-likeness (QED) is 0.903. The van der Waals surface area contributed by atoms with E-state index in [1.165, 1.54) is 0 Å². The number of aryl methyl sites for hydroxylation is 2. The molecule has 1 aromatic carbocycles. The molecule has 2 aromatic rings. The van der Waals surface area contributed by atoms with Crippen LogP contribution < -0.4 is 20.3 Å². The van der Waals surface area contributed by atoms with Gasteiger partial charge in [0.05, 0.1) is 0 Å². The van der Waals surface area contributed by atoms with Crippen LogP contribution in [0.2, 0.25) is 0 Å². The number of H-pyrrole nitrogens is 1. The van der Waals surface area contributed by atoms with Crippen LogP contribution in [0.1, 0.15) is 27.2 Å². The first-order chi connectivity index (χ1) is 10.5. The number of aromatic nitrogens is 1. The number of amides is 1. The van der Waals surface area contributed by atoms with Crippen LogP contribution in [0.3, 0.4) is 0 Å². The maximum atomic E-state index is 12.2. The summed E-state index contributed by atoms with van der Waals surface area (Å²) in [5.41, 5.74) is 2.49. The second kappa shape index (κ2) is 5.55. The number of hydrogen-bond acceptors (Lipinski definition) is 4. The zero-order valence-corrected chi connectivity index (χ0v) is 12.4. The third-order valence-electron chi connectivity index (χ3n) is 3.55. The average molecular weight is 300 g/mol. The van der Waals surface area contributed by atoms with Crippen molar-refractivity contribution in [1.82, 2.24) is 10.3 Å². The van der Waals surface area contributed by atoms with Gasteiger partial charge in [-0.1, -0.05) is 0 Å². The first-order valence-corrected chi connectivity index (χ1v) is 6.92. The van der Waals surface area contributed by atoms with Crippen LogP contribution >= 0.6 is 0 Å². The SMILES string of the molecule is Cc1cc(C)c(CNC(=O)c2ccc3c(c2)OCO3)c(=O)[nH]1. The molecule has 0 atom stereocenters. The van der Waals surface area contributed by atoms with Gasteiger partial charge in [0.15, 0.2) is 11.5 Å². The largest absolute Gasteiger partial charge is 0.454 e. The van der Waals surface area contributed by atoms with Gasteiger partial charge >= 0.3 is 0 Å². The molecule has 3 rings (SSSR count). The lowest BCUT2D eigenvalue weighted by Gasteiger charge is -2.08. The number of benzene rings is 1. The lowest BCUT2D eigenvalue weighted by atomic mass is 10.1. The molecule has 0 saturated heterocycles. The molecule has 6 heteroatoms. The molecule has 2 heterocycles. The molecule has 0 saturated carbocycles. The summed E-state index contributed by atoms with van der Waals surface area (Å²) in [5, 5.41) is 2.75. The fraction of sp³-hybridized carbons (Fsp3) is 0.250. The molecule has 1 aromatic heterocycles. The van der Waals surface area contributed by atoms with Gasteiger partial charge in [0.2, 0.25) is 6.79 Å². The van der Waals surface area contributed by atoms with Crippen molar-refractivity contribution in [1.29, 1.82) is 0 Å². The minimum Gasteiger partial charge on any atom is -0.454 e. The Morgan fingerprint density at radius 2 is 2.00 bits per heavy atom. The fourth-order valence-corrected chi connectivity index (χ4v) is 2.41. The normalized spacial score (nSPS) is 12.3. The Kier molecular flexibility index (Phi) is 3.58. The van der Waals surface area contributed by atoms with Gasteiger partial charge in [-0.05, 0) is 43.7 Å². The second-order valence-corrected chi connectivity index (χ2v) is 5.19. The maximum Gasteiger partial charge on any atom is 0.253 e. The molecule has 6 nitrogen and oxygen atoms in total. The Labute approximate surface area is 127 Å². The van der Waals surface area contributed by atoms with Crippen molar-refractivity contribution in [2.45, 2.75) is 20.4 Å². The van der Waals surface area contributed by atoms with Crippen molar-refractivity contribution < 1.29 is 14.3 Å². The molecular weight excluding hydrogens is 284 g/mol. The van der Waals surface area contributed by atoms with Gasteiger partial charge in [-0.3, -0.25) is 9.59 Å². The predicted octanol–water partition coefficient (Wildman–Crippen LogP) is 1.65. The summed E-state index contributed by atoms with van der Waals surface area (Å²) in [6.07, 6.45) is 0. The lowest BCUT2D eigenvalue weighted by molar-refractivity contribution is 0.0950. The van der Waals surface area contributed by atoms with Crippen molar-refractivity contribution >= 4 is 5.91 Å². The van der Waals surface area contributed by atoms with E-state index in [1.54, 1.807) is 18.2 Å². The monoisotopic (exact) mass is 300 g/mol. The number of aromatic amines is 1. The van der Waals surface area contributed by atoms with Crippen LogP contribution in [0.25, 0.3) is 0 Å². The zero-order valence-electron chi connectivity index (χ0n) is 12.4. The van der Waals surface area contributed by atoms with Crippen LogP contribution in [0.15, 0.2) is 29.1 Å². The fourth-order valence-electron chi connectivity index (χ4n) is 2.41. The predicted molar refractivity (Wildman–Crippen MR) is 80.3 cm³/mol. The first-order valence-electron chi connectivity index (χ1n) is 6.92. The van der Waals surface area contributed by atoms with Crippen LogP contribution in [0.4, 0.5) is 0 Å². The van der Waals surface area contributed by atoms with Gasteiger partial charge in [0.25, 0.3) is 11.5 Å². The van der Waals surface area contributed by atoms with Crippen molar-refractivity contribution in [2.75, 3.05) is 6.79 Å². The molecule has 22 heavy (non-hydrogen) atoms. The standard InChI is InChI=1S/C16H16N2O4/c1-9-5-10(2)18-16(20)12(9)7-17-15(19)11-3-4-13-14(6-11)22-8-21-13/h3-6H,7-8H2,1-2H3,(H,17,19)(H,18,20). The summed E-state index contributed by atoms with van der Waals surface area (Å²) in [7, 11) is 0. The van der Waals surface area contributed by atoms with E-state index >= 15 is 0 Å². The highest BCUT2D eigenvalue weighted by Crippen LogP contribution is 2.32. The van der Waals surface area contributed by atoms with E-state index in [-0.39, 0.29) is 24.8 Å². The van der Waals surface area contributed by atoms with Gasteiger partial charge in [-0.2, -0.15) is 0 Å². The first kappa shape index (κ1) is 14.2. The van der Waals surface area contributed by atoms with Gasteiger partial charge < -0.3 is 19.8 Å².